The molecular formula is C26H31N3O3. The highest BCUT2D eigenvalue weighted by atomic mass is 16.5. The number of hydrogen-bond donors (Lipinski definition) is 2. The molecule has 0 aliphatic heterocycles. The zero-order valence-electron chi connectivity index (χ0n) is 18.8. The standard InChI is InChI=1S/C26H31N3O3/c1-3-16-28(17-4-2)19-29(18-23-10-7-9-20-8-5-6-11-24(20)23)26(31)22-14-12-21(13-15-22)25(30)27-32/h5-15,32H,3-4,16-19H2,1-2H3,(H,27,30). The fourth-order valence-corrected chi connectivity index (χ4v) is 3.96. The molecule has 0 fully saturated rings. The van der Waals surface area contributed by atoms with Crippen LogP contribution in [0.2, 0.25) is 0 Å². The Morgan fingerprint density at radius 3 is 2.12 bits per heavy atom. The van der Waals surface area contributed by atoms with Crippen molar-refractivity contribution in [1.29, 1.82) is 0 Å². The van der Waals surface area contributed by atoms with Crippen molar-refractivity contribution in [3.63, 3.8) is 0 Å². The third-order valence-electron chi connectivity index (χ3n) is 5.47. The minimum absolute atomic E-state index is 0.0916. The smallest absolute Gasteiger partial charge is 0.274 e. The predicted octanol–water partition coefficient (Wildman–Crippen LogP) is 4.68. The fraction of sp³-hybridized carbons (Fsp3) is 0.308. The van der Waals surface area contributed by atoms with E-state index in [0.717, 1.165) is 42.3 Å². The zero-order valence-corrected chi connectivity index (χ0v) is 18.8. The van der Waals surface area contributed by atoms with E-state index in [9.17, 15) is 9.59 Å². The van der Waals surface area contributed by atoms with Gasteiger partial charge in [-0.15, -0.1) is 0 Å². The average molecular weight is 434 g/mol. The normalized spacial score (nSPS) is 11.0. The SMILES string of the molecule is CCCN(CCC)CN(Cc1cccc2ccccc12)C(=O)c1ccc(C(=O)NO)cc1. The zero-order chi connectivity index (χ0) is 22.9. The van der Waals surface area contributed by atoms with Crippen LogP contribution in [0.5, 0.6) is 0 Å². The Kier molecular flexibility index (Phi) is 8.36. The summed E-state index contributed by atoms with van der Waals surface area (Å²) in [6, 6.07) is 20.7. The molecule has 0 aliphatic rings. The van der Waals surface area contributed by atoms with Gasteiger partial charge >= 0.3 is 0 Å². The Labute approximate surface area is 189 Å². The summed E-state index contributed by atoms with van der Waals surface area (Å²) < 4.78 is 0. The molecule has 2 N–H and O–H groups in total. The molecule has 0 saturated carbocycles. The van der Waals surface area contributed by atoms with E-state index in [4.69, 9.17) is 5.21 Å². The van der Waals surface area contributed by atoms with Crippen LogP contribution >= 0.6 is 0 Å². The molecule has 3 rings (SSSR count). The number of carbonyl (C=O) groups is 2. The first-order chi connectivity index (χ1) is 15.6. The predicted molar refractivity (Wildman–Crippen MR) is 127 cm³/mol. The van der Waals surface area contributed by atoms with Gasteiger partial charge in [-0.3, -0.25) is 19.7 Å². The molecule has 0 unspecified atom stereocenters. The maximum Gasteiger partial charge on any atom is 0.274 e. The number of amides is 2. The summed E-state index contributed by atoms with van der Waals surface area (Å²) >= 11 is 0. The quantitative estimate of drug-likeness (QED) is 0.277. The summed E-state index contributed by atoms with van der Waals surface area (Å²) in [7, 11) is 0. The number of rotatable bonds is 10. The van der Waals surface area contributed by atoms with Crippen molar-refractivity contribution < 1.29 is 14.8 Å². The summed E-state index contributed by atoms with van der Waals surface area (Å²) in [5.41, 5.74) is 3.52. The lowest BCUT2D eigenvalue weighted by molar-refractivity contribution is 0.0602. The van der Waals surface area contributed by atoms with Crippen LogP contribution in [0.1, 0.15) is 53.0 Å². The molecule has 0 spiro atoms. The minimum Gasteiger partial charge on any atom is -0.321 e. The Balaban J connectivity index is 1.92. The molecule has 168 valence electrons. The molecule has 3 aromatic rings. The lowest BCUT2D eigenvalue weighted by atomic mass is 10.0. The Hall–Kier alpha value is -3.22. The second-order valence-corrected chi connectivity index (χ2v) is 7.92. The molecule has 0 radical (unpaired) electrons. The first-order valence-corrected chi connectivity index (χ1v) is 11.1. The van der Waals surface area contributed by atoms with E-state index in [1.807, 2.05) is 23.1 Å². The van der Waals surface area contributed by atoms with E-state index in [1.165, 1.54) is 0 Å². The third kappa shape index (κ3) is 5.72. The van der Waals surface area contributed by atoms with Crippen LogP contribution in [0.15, 0.2) is 66.7 Å². The maximum atomic E-state index is 13.5. The highest BCUT2D eigenvalue weighted by Crippen LogP contribution is 2.21. The van der Waals surface area contributed by atoms with Crippen molar-refractivity contribution in [1.82, 2.24) is 15.3 Å². The van der Waals surface area contributed by atoms with Gasteiger partial charge in [0.25, 0.3) is 11.8 Å². The van der Waals surface area contributed by atoms with Gasteiger partial charge in [-0.1, -0.05) is 56.3 Å². The number of fused-ring (bicyclic) bond motifs is 1. The molecule has 0 aliphatic carbocycles. The second-order valence-electron chi connectivity index (χ2n) is 7.92. The summed E-state index contributed by atoms with van der Waals surface area (Å²) in [6.07, 6.45) is 2.03. The van der Waals surface area contributed by atoms with Crippen LogP contribution in [-0.4, -0.2) is 46.6 Å². The van der Waals surface area contributed by atoms with E-state index in [0.29, 0.717) is 24.3 Å². The van der Waals surface area contributed by atoms with Crippen LogP contribution < -0.4 is 5.48 Å². The number of carbonyl (C=O) groups excluding carboxylic acids is 2. The molecule has 0 atom stereocenters. The van der Waals surface area contributed by atoms with Gasteiger partial charge in [-0.25, -0.2) is 5.48 Å². The van der Waals surface area contributed by atoms with Crippen molar-refractivity contribution in [2.75, 3.05) is 19.8 Å². The van der Waals surface area contributed by atoms with E-state index in [-0.39, 0.29) is 5.91 Å². The van der Waals surface area contributed by atoms with Crippen LogP contribution in [0.25, 0.3) is 10.8 Å². The van der Waals surface area contributed by atoms with Gasteiger partial charge < -0.3 is 4.90 Å². The van der Waals surface area contributed by atoms with E-state index in [1.54, 1.807) is 29.7 Å². The molecule has 3 aromatic carbocycles. The number of hydroxylamine groups is 1. The Morgan fingerprint density at radius 2 is 1.47 bits per heavy atom. The van der Waals surface area contributed by atoms with Crippen LogP contribution in [0.3, 0.4) is 0 Å². The number of benzene rings is 3. The third-order valence-corrected chi connectivity index (χ3v) is 5.47. The largest absolute Gasteiger partial charge is 0.321 e. The molecule has 0 aromatic heterocycles. The van der Waals surface area contributed by atoms with Crippen molar-refractivity contribution >= 4 is 22.6 Å². The van der Waals surface area contributed by atoms with Gasteiger partial charge in [0.05, 0.1) is 6.67 Å². The van der Waals surface area contributed by atoms with Crippen LogP contribution in [-0.2, 0) is 6.54 Å². The summed E-state index contributed by atoms with van der Waals surface area (Å²) in [4.78, 5) is 29.3. The lowest BCUT2D eigenvalue weighted by Gasteiger charge is -2.31. The second kappa shape index (κ2) is 11.4. The molecule has 0 heterocycles. The summed E-state index contributed by atoms with van der Waals surface area (Å²) in [5.74, 6) is -0.695. The van der Waals surface area contributed by atoms with E-state index >= 15 is 0 Å². The van der Waals surface area contributed by atoms with Crippen molar-refractivity contribution in [3.05, 3.63) is 83.4 Å². The molecular weight excluding hydrogens is 402 g/mol. The van der Waals surface area contributed by atoms with E-state index < -0.39 is 5.91 Å². The van der Waals surface area contributed by atoms with Crippen molar-refractivity contribution in [2.24, 2.45) is 0 Å². The van der Waals surface area contributed by atoms with Crippen LogP contribution in [0, 0.1) is 0 Å². The maximum absolute atomic E-state index is 13.5. The number of hydrogen-bond acceptors (Lipinski definition) is 4. The Bertz CT molecular complexity index is 1040. The average Bonchev–Trinajstić information content (AvgIpc) is 2.83. The van der Waals surface area contributed by atoms with Crippen LogP contribution in [0.4, 0.5) is 0 Å². The van der Waals surface area contributed by atoms with Crippen molar-refractivity contribution in [2.45, 2.75) is 33.2 Å². The van der Waals surface area contributed by atoms with Gasteiger partial charge in [0.2, 0.25) is 0 Å². The van der Waals surface area contributed by atoms with Gasteiger partial charge in [0.15, 0.2) is 0 Å². The topological polar surface area (TPSA) is 72.9 Å². The fourth-order valence-electron chi connectivity index (χ4n) is 3.96. The molecule has 0 saturated heterocycles. The monoisotopic (exact) mass is 433 g/mol. The molecule has 32 heavy (non-hydrogen) atoms. The lowest BCUT2D eigenvalue weighted by Crippen LogP contribution is -2.42. The number of nitrogens with zero attached hydrogens (tertiary/aromatic N) is 2. The first kappa shape index (κ1) is 23.4. The van der Waals surface area contributed by atoms with Crippen molar-refractivity contribution in [3.8, 4) is 0 Å². The highest BCUT2D eigenvalue weighted by molar-refractivity contribution is 5.97. The van der Waals surface area contributed by atoms with Gasteiger partial charge in [-0.05, 0) is 66.5 Å². The number of nitrogens with one attached hydrogen (secondary N) is 1. The summed E-state index contributed by atoms with van der Waals surface area (Å²) in [5, 5.41) is 11.1. The molecule has 6 heteroatoms. The van der Waals surface area contributed by atoms with Gasteiger partial charge in [0.1, 0.15) is 0 Å². The first-order valence-electron chi connectivity index (χ1n) is 11.1. The molecule has 2 amide bonds. The highest BCUT2D eigenvalue weighted by Gasteiger charge is 2.20. The van der Waals surface area contributed by atoms with E-state index in [2.05, 4.69) is 43.0 Å². The molecule has 0 bridgehead atoms. The van der Waals surface area contributed by atoms with Gasteiger partial charge in [0, 0.05) is 17.7 Å². The van der Waals surface area contributed by atoms with Gasteiger partial charge in [-0.2, -0.15) is 0 Å². The summed E-state index contributed by atoms with van der Waals surface area (Å²) in [6.45, 7) is 7.14. The molecule has 6 nitrogen and oxygen atoms in total. The minimum atomic E-state index is -0.603. The Morgan fingerprint density at radius 1 is 0.844 bits per heavy atom.